The van der Waals surface area contributed by atoms with Gasteiger partial charge in [0.1, 0.15) is 11.5 Å². The quantitative estimate of drug-likeness (QED) is 0.747. The van der Waals surface area contributed by atoms with Crippen molar-refractivity contribution in [1.29, 1.82) is 0 Å². The van der Waals surface area contributed by atoms with Crippen LogP contribution in [0.1, 0.15) is 23.1 Å². The Bertz CT molecular complexity index is 759. The molecule has 0 amide bonds. The van der Waals surface area contributed by atoms with Crippen molar-refractivity contribution in [2.24, 2.45) is 0 Å². The van der Waals surface area contributed by atoms with E-state index in [2.05, 4.69) is 48.4 Å². The Morgan fingerprint density at radius 1 is 1.04 bits per heavy atom. The number of piperazine rings is 1. The number of para-hydroxylation sites is 2. The molecule has 1 aliphatic heterocycles. The number of ether oxygens (including phenoxy) is 1. The molecule has 1 fully saturated rings. The summed E-state index contributed by atoms with van der Waals surface area (Å²) in [7, 11) is 1.65. The van der Waals surface area contributed by atoms with E-state index in [4.69, 9.17) is 4.74 Å². The van der Waals surface area contributed by atoms with Gasteiger partial charge in [-0.3, -0.25) is 9.69 Å². The Morgan fingerprint density at radius 2 is 1.78 bits per heavy atom. The lowest BCUT2D eigenvalue weighted by Crippen LogP contribution is -2.44. The van der Waals surface area contributed by atoms with Crippen molar-refractivity contribution in [3.8, 4) is 5.75 Å². The first-order valence-electron chi connectivity index (χ1n) is 9.60. The van der Waals surface area contributed by atoms with E-state index in [9.17, 15) is 4.79 Å². The first-order valence-corrected chi connectivity index (χ1v) is 9.60. The number of benzene rings is 2. The summed E-state index contributed by atoms with van der Waals surface area (Å²) < 4.78 is 5.34. The molecular formula is C23H29N2O2. The Labute approximate surface area is 162 Å². The number of ketones is 1. The Balaban J connectivity index is 1.48. The number of hydrogen-bond acceptors (Lipinski definition) is 4. The third kappa shape index (κ3) is 4.89. The van der Waals surface area contributed by atoms with Gasteiger partial charge in [-0.05, 0) is 31.0 Å². The highest BCUT2D eigenvalue weighted by atomic mass is 16.5. The summed E-state index contributed by atoms with van der Waals surface area (Å²) in [6, 6.07) is 14.2. The first kappa shape index (κ1) is 19.4. The number of carbonyl (C=O) groups excluding carboxylic acids is 1. The van der Waals surface area contributed by atoms with Gasteiger partial charge in [-0.25, -0.2) is 0 Å². The number of aryl methyl sites for hydroxylation is 2. The standard InChI is InChI=1S/C23H29N2O2/c1-18-7-6-8-19(2)23(18)25-15-13-24(14-16-25)12-11-21(26)17-20-9-4-5-10-22(20)27-3/h4-10,15H,11-14,16-17H2,1-3H3. The maximum Gasteiger partial charge on any atom is 0.138 e. The molecule has 0 N–H and O–H groups in total. The fourth-order valence-electron chi connectivity index (χ4n) is 3.74. The van der Waals surface area contributed by atoms with Crippen LogP contribution in [-0.2, 0) is 11.2 Å². The van der Waals surface area contributed by atoms with Gasteiger partial charge in [0.25, 0.3) is 0 Å². The molecule has 3 rings (SSSR count). The molecule has 1 heterocycles. The van der Waals surface area contributed by atoms with Crippen molar-refractivity contribution in [3.63, 3.8) is 0 Å². The van der Waals surface area contributed by atoms with E-state index in [0.29, 0.717) is 12.8 Å². The van der Waals surface area contributed by atoms with E-state index in [1.807, 2.05) is 24.3 Å². The second-order valence-electron chi connectivity index (χ2n) is 7.19. The molecule has 0 aromatic heterocycles. The van der Waals surface area contributed by atoms with E-state index in [1.165, 1.54) is 16.8 Å². The van der Waals surface area contributed by atoms with Crippen LogP contribution in [0.4, 0.5) is 5.69 Å². The summed E-state index contributed by atoms with van der Waals surface area (Å²) in [5.41, 5.74) is 4.92. The Morgan fingerprint density at radius 3 is 2.44 bits per heavy atom. The number of anilines is 1. The number of nitrogens with zero attached hydrogens (tertiary/aromatic N) is 2. The van der Waals surface area contributed by atoms with Gasteiger partial charge in [0, 0.05) is 50.3 Å². The van der Waals surface area contributed by atoms with Gasteiger partial charge < -0.3 is 9.64 Å². The summed E-state index contributed by atoms with van der Waals surface area (Å²) in [6.45, 7) is 10.2. The second-order valence-corrected chi connectivity index (χ2v) is 7.19. The maximum atomic E-state index is 12.4. The maximum absolute atomic E-state index is 12.4. The highest BCUT2D eigenvalue weighted by Gasteiger charge is 2.20. The normalized spacial score (nSPS) is 15.0. The van der Waals surface area contributed by atoms with Crippen LogP contribution in [0.5, 0.6) is 5.75 Å². The lowest BCUT2D eigenvalue weighted by Gasteiger charge is -2.37. The van der Waals surface area contributed by atoms with Crippen LogP contribution in [0, 0.1) is 20.4 Å². The van der Waals surface area contributed by atoms with Gasteiger partial charge in [-0.2, -0.15) is 0 Å². The van der Waals surface area contributed by atoms with Crippen molar-refractivity contribution in [2.45, 2.75) is 26.7 Å². The van der Waals surface area contributed by atoms with Crippen molar-refractivity contribution < 1.29 is 9.53 Å². The van der Waals surface area contributed by atoms with Gasteiger partial charge in [0.15, 0.2) is 0 Å². The van der Waals surface area contributed by atoms with Crippen molar-refractivity contribution in [1.82, 2.24) is 4.90 Å². The fourth-order valence-corrected chi connectivity index (χ4v) is 3.74. The number of methoxy groups -OCH3 is 1. The third-order valence-electron chi connectivity index (χ3n) is 5.23. The molecule has 1 radical (unpaired) electrons. The Hall–Kier alpha value is -2.33. The van der Waals surface area contributed by atoms with Crippen LogP contribution in [0.25, 0.3) is 0 Å². The molecule has 0 atom stereocenters. The Kier molecular flexibility index (Phi) is 6.51. The summed E-state index contributed by atoms with van der Waals surface area (Å²) in [6.07, 6.45) is 1.02. The zero-order valence-corrected chi connectivity index (χ0v) is 16.6. The molecule has 4 nitrogen and oxygen atoms in total. The van der Waals surface area contributed by atoms with E-state index >= 15 is 0 Å². The predicted molar refractivity (Wildman–Crippen MR) is 110 cm³/mol. The summed E-state index contributed by atoms with van der Waals surface area (Å²) in [5, 5.41) is 0. The van der Waals surface area contributed by atoms with Crippen molar-refractivity contribution >= 4 is 11.5 Å². The van der Waals surface area contributed by atoms with Crippen LogP contribution >= 0.6 is 0 Å². The molecule has 1 aliphatic rings. The largest absolute Gasteiger partial charge is 0.496 e. The molecule has 1 saturated heterocycles. The number of Topliss-reactive ketones (excluding diaryl/α,β-unsaturated/α-hetero) is 1. The van der Waals surface area contributed by atoms with Crippen LogP contribution in [0.3, 0.4) is 0 Å². The van der Waals surface area contributed by atoms with Crippen molar-refractivity contribution in [2.75, 3.05) is 38.2 Å². The first-order chi connectivity index (χ1) is 13.1. The molecule has 27 heavy (non-hydrogen) atoms. The van der Waals surface area contributed by atoms with E-state index in [1.54, 1.807) is 7.11 Å². The third-order valence-corrected chi connectivity index (χ3v) is 5.23. The molecule has 0 bridgehead atoms. The molecule has 0 saturated carbocycles. The van der Waals surface area contributed by atoms with Crippen molar-refractivity contribution in [3.05, 3.63) is 65.7 Å². The average molecular weight is 365 g/mol. The highest BCUT2D eigenvalue weighted by molar-refractivity contribution is 5.81. The fraction of sp³-hybridized carbons (Fsp3) is 0.391. The van der Waals surface area contributed by atoms with Gasteiger partial charge in [-0.1, -0.05) is 36.4 Å². The van der Waals surface area contributed by atoms with Crippen LogP contribution in [-0.4, -0.2) is 44.0 Å². The lowest BCUT2D eigenvalue weighted by molar-refractivity contribution is -0.118. The van der Waals surface area contributed by atoms with E-state index < -0.39 is 0 Å². The SMILES string of the molecule is COc1ccccc1CC(=O)CCN1C[CH]N(c2c(C)cccc2C)CC1. The van der Waals surface area contributed by atoms with Crippen LogP contribution in [0.2, 0.25) is 0 Å². The topological polar surface area (TPSA) is 32.8 Å². The van der Waals surface area contributed by atoms with E-state index in [0.717, 1.165) is 37.5 Å². The zero-order chi connectivity index (χ0) is 19.2. The number of carbonyl (C=O) groups is 1. The molecule has 0 unspecified atom stereocenters. The average Bonchev–Trinajstić information content (AvgIpc) is 2.67. The van der Waals surface area contributed by atoms with Gasteiger partial charge in [-0.15, -0.1) is 0 Å². The van der Waals surface area contributed by atoms with Gasteiger partial charge in [0.05, 0.1) is 13.7 Å². The molecule has 2 aromatic carbocycles. The smallest absolute Gasteiger partial charge is 0.138 e. The predicted octanol–water partition coefficient (Wildman–Crippen LogP) is 3.80. The van der Waals surface area contributed by atoms with Gasteiger partial charge in [0.2, 0.25) is 0 Å². The zero-order valence-electron chi connectivity index (χ0n) is 16.6. The minimum absolute atomic E-state index is 0.261. The molecule has 2 aromatic rings. The molecule has 4 heteroatoms. The van der Waals surface area contributed by atoms with Crippen LogP contribution < -0.4 is 9.64 Å². The molecular weight excluding hydrogens is 336 g/mol. The lowest BCUT2D eigenvalue weighted by atomic mass is 10.1. The highest BCUT2D eigenvalue weighted by Crippen LogP contribution is 2.27. The summed E-state index contributed by atoms with van der Waals surface area (Å²) in [5.74, 6) is 1.05. The molecule has 0 spiro atoms. The monoisotopic (exact) mass is 365 g/mol. The van der Waals surface area contributed by atoms with Crippen LogP contribution in [0.15, 0.2) is 42.5 Å². The minimum atomic E-state index is 0.261. The molecule has 143 valence electrons. The minimum Gasteiger partial charge on any atom is -0.496 e. The van der Waals surface area contributed by atoms with E-state index in [-0.39, 0.29) is 5.78 Å². The second kappa shape index (κ2) is 9.05. The number of hydrogen-bond donors (Lipinski definition) is 0. The summed E-state index contributed by atoms with van der Waals surface area (Å²) in [4.78, 5) is 17.1. The molecule has 0 aliphatic carbocycles. The van der Waals surface area contributed by atoms with Gasteiger partial charge >= 0.3 is 0 Å². The number of rotatable bonds is 7. The summed E-state index contributed by atoms with van der Waals surface area (Å²) >= 11 is 0.